The van der Waals surface area contributed by atoms with Gasteiger partial charge in [-0.1, -0.05) is 20.3 Å². The monoisotopic (exact) mass is 302 g/mol. The number of esters is 1. The van der Waals surface area contributed by atoms with Crippen molar-refractivity contribution in [2.45, 2.75) is 53.1 Å². The Morgan fingerprint density at radius 2 is 1.52 bits per heavy atom. The van der Waals surface area contributed by atoms with Gasteiger partial charge in [-0.2, -0.15) is 0 Å². The van der Waals surface area contributed by atoms with Crippen LogP contribution in [0.15, 0.2) is 0 Å². The Morgan fingerprint density at radius 3 is 2.00 bits per heavy atom. The molecule has 0 radical (unpaired) electrons. The van der Waals surface area contributed by atoms with Gasteiger partial charge in [0.2, 0.25) is 5.91 Å². The molecule has 0 aromatic rings. The molecular weight excluding hydrogens is 276 g/mol. The summed E-state index contributed by atoms with van der Waals surface area (Å²) in [5.74, 6) is -0.993. The van der Waals surface area contributed by atoms with Crippen molar-refractivity contribution >= 4 is 18.0 Å². The van der Waals surface area contributed by atoms with Gasteiger partial charge in [-0.05, 0) is 26.7 Å². The van der Waals surface area contributed by atoms with Crippen molar-refractivity contribution in [1.82, 2.24) is 10.6 Å². The Hall–Kier alpha value is -1.79. The smallest absolute Gasteiger partial charge is 0.407 e. The Balaban J connectivity index is 4.65. The molecule has 0 heterocycles. The van der Waals surface area contributed by atoms with Gasteiger partial charge in [-0.3, -0.25) is 4.79 Å². The number of carbonyl (C=O) groups is 3. The summed E-state index contributed by atoms with van der Waals surface area (Å²) in [7, 11) is 0. The molecule has 3 atom stereocenters. The summed E-state index contributed by atoms with van der Waals surface area (Å²) in [6.45, 7) is 9.14. The fourth-order valence-electron chi connectivity index (χ4n) is 1.59. The van der Waals surface area contributed by atoms with E-state index in [0.29, 0.717) is 6.42 Å². The fraction of sp³-hybridized carbons (Fsp3) is 0.786. The largest absolute Gasteiger partial charge is 0.464 e. The van der Waals surface area contributed by atoms with Crippen LogP contribution in [0.4, 0.5) is 4.79 Å². The maximum Gasteiger partial charge on any atom is 0.407 e. The van der Waals surface area contributed by atoms with E-state index in [1.54, 1.807) is 13.8 Å². The number of amides is 2. The highest BCUT2D eigenvalue weighted by Gasteiger charge is 2.29. The molecular formula is C14H26N2O5. The van der Waals surface area contributed by atoms with Crippen molar-refractivity contribution in [2.24, 2.45) is 5.92 Å². The average Bonchev–Trinajstić information content (AvgIpc) is 2.43. The lowest BCUT2D eigenvalue weighted by Crippen LogP contribution is -2.52. The molecule has 0 saturated heterocycles. The highest BCUT2D eigenvalue weighted by Crippen LogP contribution is 2.10. The summed E-state index contributed by atoms with van der Waals surface area (Å²) in [5.41, 5.74) is 0. The van der Waals surface area contributed by atoms with Crippen molar-refractivity contribution in [3.05, 3.63) is 0 Å². The van der Waals surface area contributed by atoms with Crippen molar-refractivity contribution in [3.63, 3.8) is 0 Å². The second kappa shape index (κ2) is 10.0. The summed E-state index contributed by atoms with van der Waals surface area (Å²) < 4.78 is 9.66. The van der Waals surface area contributed by atoms with Gasteiger partial charge in [0.05, 0.1) is 13.2 Å². The Morgan fingerprint density at radius 1 is 0.952 bits per heavy atom. The summed E-state index contributed by atoms with van der Waals surface area (Å²) >= 11 is 0. The molecule has 21 heavy (non-hydrogen) atoms. The van der Waals surface area contributed by atoms with Gasteiger partial charge in [0.1, 0.15) is 12.1 Å². The second-order valence-corrected chi connectivity index (χ2v) is 4.71. The summed E-state index contributed by atoms with van der Waals surface area (Å²) in [4.78, 5) is 35.2. The molecule has 0 aliphatic heterocycles. The van der Waals surface area contributed by atoms with E-state index in [1.807, 2.05) is 13.8 Å². The van der Waals surface area contributed by atoms with Crippen LogP contribution in [0.1, 0.15) is 41.0 Å². The summed E-state index contributed by atoms with van der Waals surface area (Å²) in [6, 6.07) is -1.53. The Bertz CT molecular complexity index is 359. The van der Waals surface area contributed by atoms with Gasteiger partial charge in [0.25, 0.3) is 0 Å². The highest BCUT2D eigenvalue weighted by atomic mass is 16.5. The minimum absolute atomic E-state index is 0.0669. The van der Waals surface area contributed by atoms with Crippen molar-refractivity contribution in [2.75, 3.05) is 13.2 Å². The van der Waals surface area contributed by atoms with Gasteiger partial charge < -0.3 is 20.1 Å². The zero-order valence-corrected chi connectivity index (χ0v) is 13.4. The lowest BCUT2D eigenvalue weighted by Gasteiger charge is -2.24. The summed E-state index contributed by atoms with van der Waals surface area (Å²) in [6.07, 6.45) is 0.0417. The molecule has 0 aromatic carbocycles. The van der Waals surface area contributed by atoms with Crippen LogP contribution in [0, 0.1) is 5.92 Å². The van der Waals surface area contributed by atoms with Crippen molar-refractivity contribution in [1.29, 1.82) is 0 Å². The van der Waals surface area contributed by atoms with Crippen LogP contribution < -0.4 is 10.6 Å². The lowest BCUT2D eigenvalue weighted by atomic mass is 9.99. The van der Waals surface area contributed by atoms with Gasteiger partial charge >= 0.3 is 12.1 Å². The molecule has 7 heteroatoms. The molecule has 0 aliphatic rings. The van der Waals surface area contributed by atoms with Crippen LogP contribution in [0.25, 0.3) is 0 Å². The van der Waals surface area contributed by atoms with E-state index in [0.717, 1.165) is 0 Å². The topological polar surface area (TPSA) is 93.7 Å². The van der Waals surface area contributed by atoms with Crippen molar-refractivity contribution in [3.8, 4) is 0 Å². The van der Waals surface area contributed by atoms with E-state index < -0.39 is 30.1 Å². The molecule has 0 aliphatic carbocycles. The third-order valence-corrected chi connectivity index (χ3v) is 3.05. The van der Waals surface area contributed by atoms with Crippen LogP contribution >= 0.6 is 0 Å². The van der Waals surface area contributed by atoms with Crippen LogP contribution in [0.3, 0.4) is 0 Å². The number of carbonyl (C=O) groups excluding carboxylic acids is 3. The molecule has 0 rings (SSSR count). The molecule has 0 aromatic heterocycles. The third kappa shape index (κ3) is 6.97. The van der Waals surface area contributed by atoms with E-state index in [-0.39, 0.29) is 19.1 Å². The molecule has 0 bridgehead atoms. The first-order valence-corrected chi connectivity index (χ1v) is 7.27. The van der Waals surface area contributed by atoms with Gasteiger partial charge in [-0.25, -0.2) is 9.59 Å². The number of rotatable bonds is 8. The van der Waals surface area contributed by atoms with E-state index in [2.05, 4.69) is 10.6 Å². The number of hydrogen-bond donors (Lipinski definition) is 2. The van der Waals surface area contributed by atoms with Crippen LogP contribution in [-0.2, 0) is 19.1 Å². The number of alkyl carbamates (subject to hydrolysis) is 1. The van der Waals surface area contributed by atoms with Gasteiger partial charge in [-0.15, -0.1) is 0 Å². The molecule has 3 unspecified atom stereocenters. The van der Waals surface area contributed by atoms with E-state index in [9.17, 15) is 14.4 Å². The normalized spacial score (nSPS) is 14.5. The van der Waals surface area contributed by atoms with E-state index in [4.69, 9.17) is 9.47 Å². The standard InChI is InChI=1S/C14H26N2O5/c1-6-9(4)11(13(18)20-7-2)16-12(17)10(5)15-14(19)21-8-3/h9-11H,6-8H2,1-5H3,(H,15,19)(H,16,17). The highest BCUT2D eigenvalue weighted by molar-refractivity contribution is 5.89. The predicted octanol–water partition coefficient (Wildman–Crippen LogP) is 1.22. The molecule has 2 amide bonds. The SMILES string of the molecule is CCOC(=O)NC(C)C(=O)NC(C(=O)OCC)C(C)CC. The average molecular weight is 302 g/mol. The number of nitrogens with one attached hydrogen (secondary N) is 2. The molecule has 0 saturated carbocycles. The summed E-state index contributed by atoms with van der Waals surface area (Å²) in [5, 5.41) is 5.00. The van der Waals surface area contributed by atoms with Crippen molar-refractivity contribution < 1.29 is 23.9 Å². The van der Waals surface area contributed by atoms with Crippen LogP contribution in [-0.4, -0.2) is 43.3 Å². The van der Waals surface area contributed by atoms with E-state index >= 15 is 0 Å². The van der Waals surface area contributed by atoms with Crippen LogP contribution in [0.2, 0.25) is 0 Å². The minimum Gasteiger partial charge on any atom is -0.464 e. The van der Waals surface area contributed by atoms with Crippen LogP contribution in [0.5, 0.6) is 0 Å². The maximum absolute atomic E-state index is 12.0. The fourth-order valence-corrected chi connectivity index (χ4v) is 1.59. The first kappa shape index (κ1) is 19.2. The Labute approximate surface area is 125 Å². The first-order valence-electron chi connectivity index (χ1n) is 7.27. The second-order valence-electron chi connectivity index (χ2n) is 4.71. The van der Waals surface area contributed by atoms with Gasteiger partial charge in [0, 0.05) is 0 Å². The van der Waals surface area contributed by atoms with E-state index in [1.165, 1.54) is 6.92 Å². The molecule has 0 spiro atoms. The van der Waals surface area contributed by atoms with Gasteiger partial charge in [0.15, 0.2) is 0 Å². The predicted molar refractivity (Wildman–Crippen MR) is 77.6 cm³/mol. The number of hydrogen-bond acceptors (Lipinski definition) is 5. The lowest BCUT2D eigenvalue weighted by molar-refractivity contribution is -0.149. The zero-order chi connectivity index (χ0) is 16.4. The number of ether oxygens (including phenoxy) is 2. The molecule has 7 nitrogen and oxygen atoms in total. The quantitative estimate of drug-likeness (QED) is 0.657. The zero-order valence-electron chi connectivity index (χ0n) is 13.4. The molecule has 122 valence electrons. The molecule has 2 N–H and O–H groups in total. The maximum atomic E-state index is 12.0. The minimum atomic E-state index is -0.801. The first-order chi connectivity index (χ1) is 9.87. The molecule has 0 fully saturated rings. The Kier molecular flexibility index (Phi) is 9.16. The third-order valence-electron chi connectivity index (χ3n) is 3.05.